The minimum atomic E-state index is 0.340. The molecule has 0 aliphatic heterocycles. The van der Waals surface area contributed by atoms with Crippen molar-refractivity contribution < 1.29 is 0 Å². The van der Waals surface area contributed by atoms with Gasteiger partial charge in [-0.1, -0.05) is 26.7 Å². The van der Waals surface area contributed by atoms with Crippen LogP contribution in [0.5, 0.6) is 0 Å². The Morgan fingerprint density at radius 3 is 2.56 bits per heavy atom. The molecule has 1 aromatic heterocycles. The Labute approximate surface area is 111 Å². The van der Waals surface area contributed by atoms with E-state index in [-0.39, 0.29) is 0 Å². The number of hydrogen-bond acceptors (Lipinski definition) is 2. The van der Waals surface area contributed by atoms with Crippen molar-refractivity contribution in [3.8, 4) is 0 Å². The maximum Gasteiger partial charge on any atom is 0.0630 e. The van der Waals surface area contributed by atoms with Crippen molar-refractivity contribution in [1.82, 2.24) is 9.78 Å². The van der Waals surface area contributed by atoms with Gasteiger partial charge in [-0.25, -0.2) is 0 Å². The molecule has 0 amide bonds. The van der Waals surface area contributed by atoms with E-state index < -0.39 is 0 Å². The van der Waals surface area contributed by atoms with Gasteiger partial charge in [0.05, 0.1) is 11.7 Å². The van der Waals surface area contributed by atoms with Crippen LogP contribution in [0.2, 0.25) is 0 Å². The zero-order valence-electron chi connectivity index (χ0n) is 11.9. The summed E-state index contributed by atoms with van der Waals surface area (Å²) in [5, 5.41) is 4.77. The highest BCUT2D eigenvalue weighted by molar-refractivity contribution is 5.05. The maximum atomic E-state index is 6.00. The fraction of sp³-hybridized carbons (Fsp3) is 0.800. The van der Waals surface area contributed by atoms with Crippen LogP contribution in [0.4, 0.5) is 0 Å². The topological polar surface area (TPSA) is 43.8 Å². The maximum absolute atomic E-state index is 6.00. The van der Waals surface area contributed by atoms with E-state index in [2.05, 4.69) is 30.8 Å². The van der Waals surface area contributed by atoms with E-state index in [9.17, 15) is 0 Å². The van der Waals surface area contributed by atoms with Crippen molar-refractivity contribution in [2.45, 2.75) is 64.8 Å². The van der Waals surface area contributed by atoms with Crippen molar-refractivity contribution in [2.24, 2.45) is 11.1 Å². The highest BCUT2D eigenvalue weighted by Gasteiger charge is 2.33. The molecule has 0 aromatic carbocycles. The first-order valence-electron chi connectivity index (χ1n) is 7.47. The minimum absolute atomic E-state index is 0.340. The normalized spacial score (nSPS) is 18.7. The van der Waals surface area contributed by atoms with Crippen LogP contribution in [0, 0.1) is 5.41 Å². The lowest BCUT2D eigenvalue weighted by Crippen LogP contribution is -2.30. The van der Waals surface area contributed by atoms with Gasteiger partial charge in [0.15, 0.2) is 0 Å². The van der Waals surface area contributed by atoms with Gasteiger partial charge >= 0.3 is 0 Å². The molecule has 3 nitrogen and oxygen atoms in total. The molecule has 0 spiro atoms. The third kappa shape index (κ3) is 2.77. The molecular weight excluding hydrogens is 222 g/mol. The number of nitrogens with zero attached hydrogens (tertiary/aromatic N) is 2. The van der Waals surface area contributed by atoms with Crippen LogP contribution < -0.4 is 5.73 Å². The molecule has 0 saturated heterocycles. The fourth-order valence-electron chi connectivity index (χ4n) is 3.30. The first-order chi connectivity index (χ1) is 8.73. The molecule has 102 valence electrons. The van der Waals surface area contributed by atoms with E-state index in [4.69, 9.17) is 10.8 Å². The van der Waals surface area contributed by atoms with E-state index in [1.807, 2.05) is 0 Å². The molecule has 0 bridgehead atoms. The molecule has 1 aliphatic rings. The zero-order chi connectivity index (χ0) is 13.0. The van der Waals surface area contributed by atoms with Crippen LogP contribution in [-0.2, 0) is 6.42 Å². The van der Waals surface area contributed by atoms with Gasteiger partial charge in [0.2, 0.25) is 0 Å². The van der Waals surface area contributed by atoms with Crippen molar-refractivity contribution in [3.05, 3.63) is 18.0 Å². The Balaban J connectivity index is 2.06. The van der Waals surface area contributed by atoms with Gasteiger partial charge in [-0.05, 0) is 50.1 Å². The molecule has 0 atom stereocenters. The van der Waals surface area contributed by atoms with Gasteiger partial charge in [-0.3, -0.25) is 4.68 Å². The van der Waals surface area contributed by atoms with Gasteiger partial charge in [0.25, 0.3) is 0 Å². The van der Waals surface area contributed by atoms with Crippen molar-refractivity contribution in [1.29, 1.82) is 0 Å². The lowest BCUT2D eigenvalue weighted by molar-refractivity contribution is 0.300. The molecule has 1 aliphatic carbocycles. The smallest absolute Gasteiger partial charge is 0.0630 e. The third-order valence-electron chi connectivity index (χ3n) is 4.63. The summed E-state index contributed by atoms with van der Waals surface area (Å²) in [6.07, 6.45) is 10.7. The molecule has 1 fully saturated rings. The highest BCUT2D eigenvalue weighted by Crippen LogP contribution is 2.39. The van der Waals surface area contributed by atoms with Crippen LogP contribution in [0.3, 0.4) is 0 Å². The molecule has 1 aromatic rings. The monoisotopic (exact) mass is 249 g/mol. The number of rotatable bonds is 6. The quantitative estimate of drug-likeness (QED) is 0.840. The predicted octanol–water partition coefficient (Wildman–Crippen LogP) is 3.31. The molecule has 18 heavy (non-hydrogen) atoms. The van der Waals surface area contributed by atoms with Crippen LogP contribution in [0.15, 0.2) is 12.3 Å². The Hall–Kier alpha value is -0.830. The number of nitrogens with two attached hydrogens (primary N) is 1. The van der Waals surface area contributed by atoms with Gasteiger partial charge < -0.3 is 5.73 Å². The first kappa shape index (κ1) is 13.6. The largest absolute Gasteiger partial charge is 0.330 e. The van der Waals surface area contributed by atoms with Gasteiger partial charge in [-0.15, -0.1) is 0 Å². The van der Waals surface area contributed by atoms with Gasteiger partial charge in [0, 0.05) is 6.20 Å². The molecular formula is C15H27N3. The fourth-order valence-corrected chi connectivity index (χ4v) is 3.30. The SMILES string of the molecule is CCC(CC)n1ccc(CC2(CN)CCCC2)n1. The summed E-state index contributed by atoms with van der Waals surface area (Å²) in [5.41, 5.74) is 7.57. The minimum Gasteiger partial charge on any atom is -0.330 e. The Bertz CT molecular complexity index is 360. The lowest BCUT2D eigenvalue weighted by atomic mass is 9.82. The Kier molecular flexibility index (Phi) is 4.44. The first-order valence-corrected chi connectivity index (χ1v) is 7.47. The lowest BCUT2D eigenvalue weighted by Gasteiger charge is -2.26. The third-order valence-corrected chi connectivity index (χ3v) is 4.63. The summed E-state index contributed by atoms with van der Waals surface area (Å²) in [4.78, 5) is 0. The van der Waals surface area contributed by atoms with E-state index in [1.165, 1.54) is 31.4 Å². The predicted molar refractivity (Wildman–Crippen MR) is 75.5 cm³/mol. The second kappa shape index (κ2) is 5.87. The Morgan fingerprint density at radius 2 is 2.00 bits per heavy atom. The second-order valence-electron chi connectivity index (χ2n) is 5.85. The summed E-state index contributed by atoms with van der Waals surface area (Å²) in [7, 11) is 0. The summed E-state index contributed by atoms with van der Waals surface area (Å²) in [5.74, 6) is 0. The number of hydrogen-bond donors (Lipinski definition) is 1. The van der Waals surface area contributed by atoms with Crippen LogP contribution in [0.1, 0.15) is 64.1 Å². The summed E-state index contributed by atoms with van der Waals surface area (Å²) in [6, 6.07) is 2.74. The Morgan fingerprint density at radius 1 is 1.33 bits per heavy atom. The summed E-state index contributed by atoms with van der Waals surface area (Å²) < 4.78 is 2.15. The standard InChI is InChI=1S/C15H27N3/c1-3-14(4-2)18-10-7-13(17-18)11-15(12-16)8-5-6-9-15/h7,10,14H,3-6,8-9,11-12,16H2,1-2H3. The highest BCUT2D eigenvalue weighted by atomic mass is 15.3. The van der Waals surface area contributed by atoms with E-state index >= 15 is 0 Å². The average molecular weight is 249 g/mol. The van der Waals surface area contributed by atoms with Gasteiger partial charge in [0.1, 0.15) is 0 Å². The van der Waals surface area contributed by atoms with E-state index in [0.717, 1.165) is 25.8 Å². The molecule has 2 N–H and O–H groups in total. The van der Waals surface area contributed by atoms with E-state index in [1.54, 1.807) is 0 Å². The zero-order valence-corrected chi connectivity index (χ0v) is 11.9. The van der Waals surface area contributed by atoms with Crippen molar-refractivity contribution in [3.63, 3.8) is 0 Å². The van der Waals surface area contributed by atoms with E-state index in [0.29, 0.717) is 11.5 Å². The van der Waals surface area contributed by atoms with Crippen molar-refractivity contribution >= 4 is 0 Å². The molecule has 1 saturated carbocycles. The molecule has 2 rings (SSSR count). The molecule has 1 heterocycles. The molecule has 0 unspecified atom stereocenters. The van der Waals surface area contributed by atoms with Crippen molar-refractivity contribution in [2.75, 3.05) is 6.54 Å². The van der Waals surface area contributed by atoms with Crippen LogP contribution in [0.25, 0.3) is 0 Å². The second-order valence-corrected chi connectivity index (χ2v) is 5.85. The van der Waals surface area contributed by atoms with Crippen LogP contribution >= 0.6 is 0 Å². The number of aromatic nitrogens is 2. The molecule has 3 heteroatoms. The average Bonchev–Trinajstić information content (AvgIpc) is 3.02. The summed E-state index contributed by atoms with van der Waals surface area (Å²) in [6.45, 7) is 5.27. The summed E-state index contributed by atoms with van der Waals surface area (Å²) >= 11 is 0. The molecule has 0 radical (unpaired) electrons. The van der Waals surface area contributed by atoms with Gasteiger partial charge in [-0.2, -0.15) is 5.10 Å². The van der Waals surface area contributed by atoms with Crippen LogP contribution in [-0.4, -0.2) is 16.3 Å².